The summed E-state index contributed by atoms with van der Waals surface area (Å²) in [6.07, 6.45) is 1.68. The normalized spacial score (nSPS) is 13.9. The van der Waals surface area contributed by atoms with Crippen LogP contribution in [0, 0.1) is 0 Å². The molecule has 0 radical (unpaired) electrons. The summed E-state index contributed by atoms with van der Waals surface area (Å²) in [6.45, 7) is 2.70. The summed E-state index contributed by atoms with van der Waals surface area (Å²) >= 11 is 0. The Kier molecular flexibility index (Phi) is 5.86. The van der Waals surface area contributed by atoms with Crippen LogP contribution in [0.4, 0.5) is 0 Å². The molecule has 1 N–H and O–H groups in total. The van der Waals surface area contributed by atoms with Crippen molar-refractivity contribution in [2.45, 2.75) is 12.8 Å². The van der Waals surface area contributed by atoms with E-state index in [1.807, 2.05) is 0 Å². The third kappa shape index (κ3) is 3.87. The summed E-state index contributed by atoms with van der Waals surface area (Å²) in [5.74, 6) is -0.771. The van der Waals surface area contributed by atoms with Gasteiger partial charge in [0.1, 0.15) is 0 Å². The van der Waals surface area contributed by atoms with Gasteiger partial charge in [-0.2, -0.15) is 0 Å². The number of amides is 2. The van der Waals surface area contributed by atoms with Gasteiger partial charge < -0.3 is 10.1 Å². The van der Waals surface area contributed by atoms with Gasteiger partial charge in [-0.05, 0) is 38.1 Å². The molecular formula is C15H20N2O4. The molecule has 0 bridgehead atoms. The van der Waals surface area contributed by atoms with Crippen LogP contribution in [0.2, 0.25) is 0 Å². The van der Waals surface area contributed by atoms with Crippen LogP contribution in [0.25, 0.3) is 0 Å². The smallest absolute Gasteiger partial charge is 0.285 e. The van der Waals surface area contributed by atoms with Gasteiger partial charge in [-0.3, -0.25) is 14.4 Å². The number of hydrogen-bond donors (Lipinski definition) is 1. The van der Waals surface area contributed by atoms with Gasteiger partial charge in [0.05, 0.1) is 17.7 Å². The van der Waals surface area contributed by atoms with E-state index in [1.54, 1.807) is 31.4 Å². The van der Waals surface area contributed by atoms with Crippen LogP contribution in [-0.4, -0.2) is 50.3 Å². The van der Waals surface area contributed by atoms with E-state index >= 15 is 0 Å². The zero-order valence-electron chi connectivity index (χ0n) is 12.1. The number of benzene rings is 1. The van der Waals surface area contributed by atoms with Crippen LogP contribution >= 0.6 is 0 Å². The first kappa shape index (κ1) is 15.6. The number of methoxy groups -OCH3 is 1. The third-order valence-corrected chi connectivity index (χ3v) is 3.18. The van der Waals surface area contributed by atoms with Crippen LogP contribution in [0.3, 0.4) is 0 Å². The number of carbonyl (C=O) groups excluding carboxylic acids is 2. The van der Waals surface area contributed by atoms with E-state index in [1.165, 1.54) is 0 Å². The van der Waals surface area contributed by atoms with Crippen molar-refractivity contribution >= 4 is 11.8 Å². The fourth-order valence-corrected chi connectivity index (χ4v) is 2.10. The molecule has 2 rings (SSSR count). The van der Waals surface area contributed by atoms with Crippen molar-refractivity contribution < 1.29 is 19.2 Å². The lowest BCUT2D eigenvalue weighted by Gasteiger charge is -2.13. The molecule has 0 atom stereocenters. The van der Waals surface area contributed by atoms with Gasteiger partial charge in [0, 0.05) is 13.7 Å². The maximum atomic E-state index is 12.0. The molecule has 0 aliphatic carbocycles. The van der Waals surface area contributed by atoms with Crippen LogP contribution in [0.1, 0.15) is 33.6 Å². The maximum absolute atomic E-state index is 12.0. The van der Waals surface area contributed by atoms with Crippen molar-refractivity contribution in [2.75, 3.05) is 33.4 Å². The van der Waals surface area contributed by atoms with E-state index in [9.17, 15) is 9.59 Å². The van der Waals surface area contributed by atoms with Gasteiger partial charge in [0.2, 0.25) is 0 Å². The summed E-state index contributed by atoms with van der Waals surface area (Å²) < 4.78 is 4.95. The van der Waals surface area contributed by atoms with Gasteiger partial charge in [-0.25, -0.2) is 0 Å². The minimum Gasteiger partial charge on any atom is -0.385 e. The number of nitrogens with one attached hydrogen (secondary N) is 1. The second-order valence-electron chi connectivity index (χ2n) is 4.73. The number of imide groups is 1. The van der Waals surface area contributed by atoms with Crippen molar-refractivity contribution in [3.05, 3.63) is 35.4 Å². The largest absolute Gasteiger partial charge is 0.385 e. The Morgan fingerprint density at radius 2 is 1.57 bits per heavy atom. The highest BCUT2D eigenvalue weighted by Crippen LogP contribution is 2.22. The summed E-state index contributed by atoms with van der Waals surface area (Å²) in [5.41, 5.74) is 0.806. The molecule has 0 saturated heterocycles. The maximum Gasteiger partial charge on any atom is 0.285 e. The van der Waals surface area contributed by atoms with Crippen LogP contribution in [0.5, 0.6) is 0 Å². The van der Waals surface area contributed by atoms with Gasteiger partial charge >= 0.3 is 0 Å². The molecular weight excluding hydrogens is 272 g/mol. The van der Waals surface area contributed by atoms with Crippen LogP contribution < -0.4 is 5.32 Å². The number of ether oxygens (including phenoxy) is 1. The quantitative estimate of drug-likeness (QED) is 0.548. The second-order valence-corrected chi connectivity index (χ2v) is 4.73. The van der Waals surface area contributed by atoms with E-state index in [2.05, 4.69) is 5.32 Å². The van der Waals surface area contributed by atoms with Crippen molar-refractivity contribution in [3.63, 3.8) is 0 Å². The highest BCUT2D eigenvalue weighted by atomic mass is 16.7. The third-order valence-electron chi connectivity index (χ3n) is 3.18. The van der Waals surface area contributed by atoms with E-state index in [0.29, 0.717) is 17.7 Å². The van der Waals surface area contributed by atoms with Crippen molar-refractivity contribution in [1.82, 2.24) is 10.4 Å². The molecule has 114 valence electrons. The van der Waals surface area contributed by atoms with E-state index in [0.717, 1.165) is 37.6 Å². The predicted octanol–water partition coefficient (Wildman–Crippen LogP) is 1.23. The van der Waals surface area contributed by atoms with E-state index in [4.69, 9.17) is 9.57 Å². The van der Waals surface area contributed by atoms with Crippen molar-refractivity contribution in [3.8, 4) is 0 Å². The highest BCUT2D eigenvalue weighted by molar-refractivity contribution is 6.20. The Morgan fingerprint density at radius 1 is 1.00 bits per heavy atom. The van der Waals surface area contributed by atoms with E-state index < -0.39 is 0 Å². The molecule has 1 heterocycles. The molecule has 0 unspecified atom stereocenters. The average molecular weight is 292 g/mol. The summed E-state index contributed by atoms with van der Waals surface area (Å²) in [6, 6.07) is 6.74. The highest BCUT2D eigenvalue weighted by Gasteiger charge is 2.36. The number of rotatable bonds is 9. The summed E-state index contributed by atoms with van der Waals surface area (Å²) in [7, 11) is 1.68. The molecule has 0 saturated carbocycles. The SMILES string of the molecule is COCCCNCCCON1C(=O)c2ccccc2C1=O. The zero-order valence-corrected chi connectivity index (χ0v) is 12.1. The standard InChI is InChI=1S/C15H20N2O4/c1-20-10-4-8-16-9-5-11-21-17-14(18)12-6-2-3-7-13(12)15(17)19/h2-3,6-7,16H,4-5,8-11H2,1H3. The second kappa shape index (κ2) is 7.87. The minimum absolute atomic E-state index is 0.322. The zero-order chi connectivity index (χ0) is 15.1. The van der Waals surface area contributed by atoms with Crippen LogP contribution in [0.15, 0.2) is 24.3 Å². The number of hydrogen-bond acceptors (Lipinski definition) is 5. The Balaban J connectivity index is 1.69. The first-order valence-electron chi connectivity index (χ1n) is 7.06. The molecule has 1 aromatic rings. The molecule has 0 aromatic heterocycles. The molecule has 0 spiro atoms. The van der Waals surface area contributed by atoms with E-state index in [-0.39, 0.29) is 11.8 Å². The van der Waals surface area contributed by atoms with Gasteiger partial charge in [-0.1, -0.05) is 12.1 Å². The molecule has 2 amide bonds. The van der Waals surface area contributed by atoms with Crippen molar-refractivity contribution in [2.24, 2.45) is 0 Å². The number of hydroxylamine groups is 2. The lowest BCUT2D eigenvalue weighted by molar-refractivity contribution is -0.0917. The number of fused-ring (bicyclic) bond motifs is 1. The topological polar surface area (TPSA) is 67.9 Å². The van der Waals surface area contributed by atoms with Gasteiger partial charge in [0.15, 0.2) is 0 Å². The molecule has 1 aliphatic rings. The molecule has 21 heavy (non-hydrogen) atoms. The van der Waals surface area contributed by atoms with Crippen LogP contribution in [-0.2, 0) is 9.57 Å². The average Bonchev–Trinajstić information content (AvgIpc) is 2.75. The fourth-order valence-electron chi connectivity index (χ4n) is 2.10. The first-order valence-corrected chi connectivity index (χ1v) is 7.06. The molecule has 6 nitrogen and oxygen atoms in total. The number of nitrogens with zero attached hydrogens (tertiary/aromatic N) is 1. The summed E-state index contributed by atoms with van der Waals surface area (Å²) in [5, 5.41) is 4.09. The van der Waals surface area contributed by atoms with Gasteiger partial charge in [0.25, 0.3) is 11.8 Å². The lowest BCUT2D eigenvalue weighted by atomic mass is 10.1. The Hall–Kier alpha value is -1.76. The Labute approximate surface area is 124 Å². The Morgan fingerprint density at radius 3 is 2.14 bits per heavy atom. The first-order chi connectivity index (χ1) is 10.3. The van der Waals surface area contributed by atoms with Gasteiger partial charge in [-0.15, -0.1) is 5.06 Å². The number of carbonyl (C=O) groups is 2. The fraction of sp³-hybridized carbons (Fsp3) is 0.467. The van der Waals surface area contributed by atoms with Crippen molar-refractivity contribution in [1.29, 1.82) is 0 Å². The molecule has 1 aliphatic heterocycles. The summed E-state index contributed by atoms with van der Waals surface area (Å²) in [4.78, 5) is 29.3. The minimum atomic E-state index is -0.386. The monoisotopic (exact) mass is 292 g/mol. The lowest BCUT2D eigenvalue weighted by Crippen LogP contribution is -2.31. The molecule has 1 aromatic carbocycles. The Bertz CT molecular complexity index is 469. The predicted molar refractivity (Wildman–Crippen MR) is 76.9 cm³/mol. The molecule has 6 heteroatoms. The molecule has 0 fully saturated rings.